The molecule has 1 unspecified atom stereocenters. The first-order chi connectivity index (χ1) is 11.9. The lowest BCUT2D eigenvalue weighted by Crippen LogP contribution is -2.55. The molecule has 144 valence electrons. The average Bonchev–Trinajstić information content (AvgIpc) is 2.55. The summed E-state index contributed by atoms with van der Waals surface area (Å²) in [4.78, 5) is 30.0. The third-order valence-corrected chi connectivity index (χ3v) is 5.47. The summed E-state index contributed by atoms with van der Waals surface area (Å²) in [6, 6.07) is 0.596. The van der Waals surface area contributed by atoms with Crippen LogP contribution in [0.3, 0.4) is 0 Å². The smallest absolute Gasteiger partial charge is 0.313 e. The largest absolute Gasteiger partial charge is 0.466 e. The Morgan fingerprint density at radius 1 is 1.24 bits per heavy atom. The van der Waals surface area contributed by atoms with E-state index in [1.165, 1.54) is 0 Å². The minimum absolute atomic E-state index is 0.0479. The number of amides is 1. The molecule has 2 saturated heterocycles. The van der Waals surface area contributed by atoms with Gasteiger partial charge in [0.1, 0.15) is 0 Å². The zero-order valence-corrected chi connectivity index (χ0v) is 16.3. The molecule has 0 aromatic heterocycles. The standard InChI is InChI=1S/C19H35N3O3/c1-5-25-18(24)19(13-17(23)20-15(2)3)9-6-10-22(14-19)16-7-11-21(4)12-8-16/h15-16H,5-14H2,1-4H3,(H,20,23). The van der Waals surface area contributed by atoms with E-state index in [0.29, 0.717) is 19.2 Å². The van der Waals surface area contributed by atoms with Gasteiger partial charge in [-0.15, -0.1) is 0 Å². The molecule has 0 aromatic carbocycles. The fraction of sp³-hybridized carbons (Fsp3) is 0.895. The number of hydrogen-bond donors (Lipinski definition) is 1. The van der Waals surface area contributed by atoms with Crippen LogP contribution in [-0.2, 0) is 14.3 Å². The number of hydrogen-bond acceptors (Lipinski definition) is 5. The summed E-state index contributed by atoms with van der Waals surface area (Å²) in [6.45, 7) is 9.94. The molecule has 1 atom stereocenters. The van der Waals surface area contributed by atoms with Gasteiger partial charge in [-0.25, -0.2) is 0 Å². The van der Waals surface area contributed by atoms with Crippen molar-refractivity contribution in [3.8, 4) is 0 Å². The monoisotopic (exact) mass is 353 g/mol. The van der Waals surface area contributed by atoms with Crippen molar-refractivity contribution < 1.29 is 14.3 Å². The molecule has 0 spiro atoms. The zero-order valence-electron chi connectivity index (χ0n) is 16.3. The summed E-state index contributed by atoms with van der Waals surface area (Å²) < 4.78 is 5.39. The van der Waals surface area contributed by atoms with Crippen LogP contribution in [0.1, 0.15) is 52.9 Å². The molecule has 6 heteroatoms. The first kappa shape index (κ1) is 20.2. The minimum atomic E-state index is -0.698. The average molecular weight is 354 g/mol. The molecule has 6 nitrogen and oxygen atoms in total. The number of likely N-dealkylation sites (tertiary alicyclic amines) is 2. The van der Waals surface area contributed by atoms with Gasteiger partial charge in [0.05, 0.1) is 12.0 Å². The van der Waals surface area contributed by atoms with Gasteiger partial charge in [0.15, 0.2) is 0 Å². The molecule has 25 heavy (non-hydrogen) atoms. The number of ether oxygens (including phenoxy) is 1. The lowest BCUT2D eigenvalue weighted by atomic mass is 9.76. The summed E-state index contributed by atoms with van der Waals surface area (Å²) >= 11 is 0. The number of piperidine rings is 2. The second-order valence-electron chi connectivity index (χ2n) is 8.01. The number of rotatable bonds is 6. The number of nitrogens with one attached hydrogen (secondary N) is 1. The molecular weight excluding hydrogens is 318 g/mol. The fourth-order valence-corrected chi connectivity index (χ4v) is 4.19. The molecule has 0 aromatic rings. The Hall–Kier alpha value is -1.14. The number of carbonyl (C=O) groups is 2. The van der Waals surface area contributed by atoms with Crippen LogP contribution in [0.15, 0.2) is 0 Å². The van der Waals surface area contributed by atoms with E-state index >= 15 is 0 Å². The van der Waals surface area contributed by atoms with Crippen molar-refractivity contribution >= 4 is 11.9 Å². The molecule has 2 fully saturated rings. The molecule has 1 amide bonds. The Morgan fingerprint density at radius 3 is 2.52 bits per heavy atom. The summed E-state index contributed by atoms with van der Waals surface area (Å²) in [7, 11) is 2.16. The van der Waals surface area contributed by atoms with Gasteiger partial charge in [0.25, 0.3) is 0 Å². The van der Waals surface area contributed by atoms with Crippen molar-refractivity contribution in [2.75, 3.05) is 39.8 Å². The Labute approximate surface area is 152 Å². The van der Waals surface area contributed by atoms with E-state index in [0.717, 1.165) is 45.3 Å². The maximum Gasteiger partial charge on any atom is 0.313 e. The predicted molar refractivity (Wildman–Crippen MR) is 98.3 cm³/mol. The highest BCUT2D eigenvalue weighted by molar-refractivity contribution is 5.86. The van der Waals surface area contributed by atoms with Gasteiger partial charge in [0, 0.05) is 25.0 Å². The van der Waals surface area contributed by atoms with Crippen molar-refractivity contribution in [2.45, 2.75) is 65.0 Å². The van der Waals surface area contributed by atoms with Crippen LogP contribution in [0, 0.1) is 5.41 Å². The molecule has 0 aliphatic carbocycles. The van der Waals surface area contributed by atoms with E-state index in [-0.39, 0.29) is 24.3 Å². The van der Waals surface area contributed by atoms with E-state index in [1.54, 1.807) is 0 Å². The highest BCUT2D eigenvalue weighted by atomic mass is 16.5. The van der Waals surface area contributed by atoms with Crippen LogP contribution in [0.2, 0.25) is 0 Å². The quantitative estimate of drug-likeness (QED) is 0.736. The van der Waals surface area contributed by atoms with Gasteiger partial charge in [-0.3, -0.25) is 14.5 Å². The van der Waals surface area contributed by atoms with Crippen molar-refractivity contribution in [3.63, 3.8) is 0 Å². The summed E-state index contributed by atoms with van der Waals surface area (Å²) in [5.74, 6) is -0.250. The fourth-order valence-electron chi connectivity index (χ4n) is 4.19. The normalized spacial score (nSPS) is 26.6. The molecule has 0 saturated carbocycles. The van der Waals surface area contributed by atoms with E-state index in [4.69, 9.17) is 4.74 Å². The van der Waals surface area contributed by atoms with Crippen molar-refractivity contribution in [1.82, 2.24) is 15.1 Å². The van der Waals surface area contributed by atoms with E-state index in [2.05, 4.69) is 22.2 Å². The maximum absolute atomic E-state index is 12.8. The van der Waals surface area contributed by atoms with Gasteiger partial charge in [0.2, 0.25) is 5.91 Å². The maximum atomic E-state index is 12.8. The second kappa shape index (κ2) is 8.99. The highest BCUT2D eigenvalue weighted by Crippen LogP contribution is 2.37. The molecule has 2 aliphatic rings. The topological polar surface area (TPSA) is 61.9 Å². The van der Waals surface area contributed by atoms with Gasteiger partial charge >= 0.3 is 5.97 Å². The predicted octanol–water partition coefficient (Wildman–Crippen LogP) is 1.64. The Morgan fingerprint density at radius 2 is 1.92 bits per heavy atom. The van der Waals surface area contributed by atoms with E-state index in [1.807, 2.05) is 20.8 Å². The van der Waals surface area contributed by atoms with Crippen LogP contribution in [-0.4, -0.2) is 73.6 Å². The third kappa shape index (κ3) is 5.42. The summed E-state index contributed by atoms with van der Waals surface area (Å²) in [5.41, 5.74) is -0.698. The number of carbonyl (C=O) groups excluding carboxylic acids is 2. The number of esters is 1. The van der Waals surface area contributed by atoms with Crippen molar-refractivity contribution in [3.05, 3.63) is 0 Å². The second-order valence-corrected chi connectivity index (χ2v) is 8.01. The van der Waals surface area contributed by atoms with E-state index in [9.17, 15) is 9.59 Å². The Balaban J connectivity index is 2.10. The van der Waals surface area contributed by atoms with Crippen molar-refractivity contribution in [2.24, 2.45) is 5.41 Å². The number of nitrogens with zero attached hydrogens (tertiary/aromatic N) is 2. The van der Waals surface area contributed by atoms with Crippen LogP contribution in [0.25, 0.3) is 0 Å². The minimum Gasteiger partial charge on any atom is -0.466 e. The third-order valence-electron chi connectivity index (χ3n) is 5.47. The first-order valence-corrected chi connectivity index (χ1v) is 9.75. The molecule has 2 heterocycles. The summed E-state index contributed by atoms with van der Waals surface area (Å²) in [6.07, 6.45) is 4.18. The lowest BCUT2D eigenvalue weighted by molar-refractivity contribution is -0.162. The zero-order chi connectivity index (χ0) is 18.4. The Bertz CT molecular complexity index is 461. The van der Waals surface area contributed by atoms with Crippen LogP contribution in [0.5, 0.6) is 0 Å². The van der Waals surface area contributed by atoms with Gasteiger partial charge in [-0.2, -0.15) is 0 Å². The van der Waals surface area contributed by atoms with Crippen molar-refractivity contribution in [1.29, 1.82) is 0 Å². The Kier molecular flexibility index (Phi) is 7.25. The van der Waals surface area contributed by atoms with Gasteiger partial charge < -0.3 is 15.0 Å². The molecular formula is C19H35N3O3. The highest BCUT2D eigenvalue weighted by Gasteiger charge is 2.46. The molecule has 0 bridgehead atoms. The van der Waals surface area contributed by atoms with Crippen LogP contribution in [0.4, 0.5) is 0 Å². The van der Waals surface area contributed by atoms with Gasteiger partial charge in [-0.1, -0.05) is 0 Å². The molecule has 1 N–H and O–H groups in total. The van der Waals surface area contributed by atoms with Crippen LogP contribution >= 0.6 is 0 Å². The summed E-state index contributed by atoms with van der Waals surface area (Å²) in [5, 5.41) is 2.94. The van der Waals surface area contributed by atoms with Crippen LogP contribution < -0.4 is 5.32 Å². The molecule has 0 radical (unpaired) electrons. The SMILES string of the molecule is CCOC(=O)C1(CC(=O)NC(C)C)CCCN(C2CCN(C)CC2)C1. The molecule has 2 aliphatic heterocycles. The van der Waals surface area contributed by atoms with Gasteiger partial charge in [-0.05, 0) is 73.1 Å². The molecule has 2 rings (SSSR count). The van der Waals surface area contributed by atoms with E-state index < -0.39 is 5.41 Å². The first-order valence-electron chi connectivity index (χ1n) is 9.75. The lowest BCUT2D eigenvalue weighted by Gasteiger charge is -2.45.